The zero-order valence-electron chi connectivity index (χ0n) is 19.6. The summed E-state index contributed by atoms with van der Waals surface area (Å²) in [6.07, 6.45) is 0. The van der Waals surface area contributed by atoms with E-state index in [1.54, 1.807) is 32.9 Å². The van der Waals surface area contributed by atoms with Crippen molar-refractivity contribution in [1.29, 1.82) is 0 Å². The van der Waals surface area contributed by atoms with Crippen molar-refractivity contribution in [3.05, 3.63) is 60.2 Å². The number of hydrogen-bond donors (Lipinski definition) is 1. The van der Waals surface area contributed by atoms with Crippen LogP contribution in [0, 0.1) is 18.8 Å². The Bertz CT molecular complexity index is 921. The van der Waals surface area contributed by atoms with Crippen molar-refractivity contribution >= 4 is 34.5 Å². The number of nitrogens with one attached hydrogen (secondary N) is 1. The number of thioether (sulfide) groups is 1. The number of Topliss-reactive ketones (excluding diaryl/α,β-unsaturated/α-hetero) is 1. The minimum atomic E-state index is -1.52. The van der Waals surface area contributed by atoms with Crippen molar-refractivity contribution in [2.75, 3.05) is 5.75 Å². The molecule has 2 rings (SSSR count). The predicted molar refractivity (Wildman–Crippen MR) is 131 cm³/mol. The minimum Gasteiger partial charge on any atom is -0.454 e. The Morgan fingerprint density at radius 2 is 1.62 bits per heavy atom. The lowest BCUT2D eigenvalue weighted by Gasteiger charge is -2.30. The summed E-state index contributed by atoms with van der Waals surface area (Å²) < 4.78 is 21.5. The highest BCUT2D eigenvalue weighted by molar-refractivity contribution is 7.99. The van der Waals surface area contributed by atoms with Crippen molar-refractivity contribution in [3.8, 4) is 0 Å². The molecular weight excluding hydrogens is 442 g/mol. The largest absolute Gasteiger partial charge is 0.454 e. The molecule has 0 saturated heterocycles. The first-order valence-electron chi connectivity index (χ1n) is 10.7. The molecule has 0 radical (unpaired) electrons. The Labute approximate surface area is 198 Å². The fourth-order valence-electron chi connectivity index (χ4n) is 3.06. The van der Waals surface area contributed by atoms with E-state index in [2.05, 4.69) is 4.72 Å². The monoisotopic (exact) mass is 475 g/mol. The van der Waals surface area contributed by atoms with Gasteiger partial charge in [0.2, 0.25) is 5.78 Å². The van der Waals surface area contributed by atoms with Crippen molar-refractivity contribution in [2.24, 2.45) is 11.8 Å². The van der Waals surface area contributed by atoms with E-state index in [1.165, 1.54) is 11.8 Å². The predicted octanol–water partition coefficient (Wildman–Crippen LogP) is 4.95. The van der Waals surface area contributed by atoms with Crippen LogP contribution in [0.3, 0.4) is 0 Å². The number of carbonyl (C=O) groups is 2. The Kier molecular flexibility index (Phi) is 9.67. The molecule has 5 nitrogen and oxygen atoms in total. The Hall–Kier alpha value is -1.96. The smallest absolute Gasteiger partial charge is 0.375 e. The van der Waals surface area contributed by atoms with E-state index < -0.39 is 40.3 Å². The van der Waals surface area contributed by atoms with Gasteiger partial charge in [0.05, 0.1) is 10.8 Å². The van der Waals surface area contributed by atoms with Crippen LogP contribution >= 0.6 is 11.8 Å². The second-order valence-corrected chi connectivity index (χ2v) is 11.4. The zero-order valence-corrected chi connectivity index (χ0v) is 21.2. The van der Waals surface area contributed by atoms with E-state index in [0.29, 0.717) is 10.6 Å². The molecule has 0 aromatic heterocycles. The van der Waals surface area contributed by atoms with Crippen LogP contribution in [0.4, 0.5) is 0 Å². The number of carbonyl (C=O) groups excluding carboxylic acids is 2. The van der Waals surface area contributed by atoms with Gasteiger partial charge in [-0.3, -0.25) is 4.79 Å². The molecule has 0 aliphatic heterocycles. The maximum absolute atomic E-state index is 13.2. The van der Waals surface area contributed by atoms with Gasteiger partial charge in [0.15, 0.2) is 0 Å². The number of ketones is 1. The van der Waals surface area contributed by atoms with Gasteiger partial charge < -0.3 is 4.74 Å². The fourth-order valence-corrected chi connectivity index (χ4v) is 5.34. The summed E-state index contributed by atoms with van der Waals surface area (Å²) in [5, 5.41) is 0. The average molecular weight is 476 g/mol. The first-order valence-corrected chi connectivity index (χ1v) is 12.8. The molecule has 0 amide bonds. The van der Waals surface area contributed by atoms with Gasteiger partial charge in [-0.2, -0.15) is 0 Å². The zero-order chi connectivity index (χ0) is 23.9. The van der Waals surface area contributed by atoms with E-state index in [-0.39, 0.29) is 5.92 Å². The Morgan fingerprint density at radius 1 is 1.03 bits per heavy atom. The summed E-state index contributed by atoms with van der Waals surface area (Å²) in [6, 6.07) is 16.6. The molecule has 0 fully saturated rings. The molecule has 0 bridgehead atoms. The van der Waals surface area contributed by atoms with E-state index in [0.717, 1.165) is 10.5 Å². The highest BCUT2D eigenvalue weighted by Crippen LogP contribution is 2.27. The molecular formula is C25H33NO4S2. The van der Waals surface area contributed by atoms with Crippen LogP contribution in [0.15, 0.2) is 64.4 Å². The van der Waals surface area contributed by atoms with Gasteiger partial charge >= 0.3 is 5.97 Å². The quantitative estimate of drug-likeness (QED) is 0.299. The highest BCUT2D eigenvalue weighted by atomic mass is 32.2. The molecule has 3 atom stereocenters. The third kappa shape index (κ3) is 8.19. The molecule has 1 N–H and O–H groups in total. The third-order valence-corrected chi connectivity index (χ3v) is 7.06. The second kappa shape index (κ2) is 11.8. The standard InChI is InChI=1S/C25H33NO4S2/c1-17(2)22(26-32(29)20-14-12-18(3)13-15-20)21(16-31-19-10-8-7-9-11-19)23(27)24(28)30-25(4,5)6/h7-15,17,21-22,26H,16H2,1-6H3/t21-,22+,32?/m1/s1. The number of ether oxygens (including phenoxy) is 1. The van der Waals surface area contributed by atoms with Crippen LogP contribution in [0.2, 0.25) is 0 Å². The molecule has 1 unspecified atom stereocenters. The lowest BCUT2D eigenvalue weighted by molar-refractivity contribution is -0.164. The van der Waals surface area contributed by atoms with Crippen molar-refractivity contribution < 1.29 is 18.5 Å². The number of rotatable bonds is 10. The van der Waals surface area contributed by atoms with Gasteiger partial charge in [-0.15, -0.1) is 11.8 Å². The number of esters is 1. The summed E-state index contributed by atoms with van der Waals surface area (Å²) in [6.45, 7) is 11.1. The first-order chi connectivity index (χ1) is 15.0. The van der Waals surface area contributed by atoms with Gasteiger partial charge in [-0.25, -0.2) is 13.7 Å². The normalized spacial score (nSPS) is 14.6. The van der Waals surface area contributed by atoms with Crippen LogP contribution in [0.5, 0.6) is 0 Å². The SMILES string of the molecule is Cc1ccc(S(=O)N[C@@H](C(C)C)[C@@H](CSc2ccccc2)C(=O)C(=O)OC(C)(C)C)cc1. The minimum absolute atomic E-state index is 0.0443. The summed E-state index contributed by atoms with van der Waals surface area (Å²) in [5.74, 6) is -1.84. The summed E-state index contributed by atoms with van der Waals surface area (Å²) in [7, 11) is -1.52. The van der Waals surface area contributed by atoms with E-state index >= 15 is 0 Å². The first kappa shape index (κ1) is 26.3. The average Bonchev–Trinajstić information content (AvgIpc) is 2.72. The maximum Gasteiger partial charge on any atom is 0.375 e. The molecule has 2 aromatic rings. The molecule has 2 aromatic carbocycles. The van der Waals surface area contributed by atoms with Crippen LogP contribution in [0.1, 0.15) is 40.2 Å². The third-order valence-electron chi connectivity index (χ3n) is 4.74. The number of aryl methyl sites for hydroxylation is 1. The Balaban J connectivity index is 2.29. The molecule has 32 heavy (non-hydrogen) atoms. The summed E-state index contributed by atoms with van der Waals surface area (Å²) >= 11 is 1.50. The van der Waals surface area contributed by atoms with Crippen LogP contribution in [0.25, 0.3) is 0 Å². The van der Waals surface area contributed by atoms with Crippen LogP contribution in [-0.4, -0.2) is 33.4 Å². The second-order valence-electron chi connectivity index (χ2n) is 9.07. The Morgan fingerprint density at radius 3 is 2.16 bits per heavy atom. The van der Waals surface area contributed by atoms with E-state index in [9.17, 15) is 13.8 Å². The summed E-state index contributed by atoms with van der Waals surface area (Å²) in [5.41, 5.74) is 0.304. The molecule has 7 heteroatoms. The van der Waals surface area contributed by atoms with E-state index in [1.807, 2.05) is 63.2 Å². The number of hydrogen-bond acceptors (Lipinski definition) is 5. The molecule has 0 saturated carbocycles. The van der Waals surface area contributed by atoms with Gasteiger partial charge in [0, 0.05) is 16.7 Å². The van der Waals surface area contributed by atoms with Crippen LogP contribution < -0.4 is 4.72 Å². The topological polar surface area (TPSA) is 72.5 Å². The molecule has 174 valence electrons. The van der Waals surface area contributed by atoms with Crippen molar-refractivity contribution in [2.45, 2.75) is 63.0 Å². The number of benzene rings is 2. The lowest BCUT2D eigenvalue weighted by Crippen LogP contribution is -2.48. The van der Waals surface area contributed by atoms with Gasteiger partial charge in [0.25, 0.3) is 0 Å². The van der Waals surface area contributed by atoms with Crippen molar-refractivity contribution in [3.63, 3.8) is 0 Å². The van der Waals surface area contributed by atoms with E-state index in [4.69, 9.17) is 4.74 Å². The molecule has 0 aliphatic carbocycles. The fraction of sp³-hybridized carbons (Fsp3) is 0.440. The van der Waals surface area contributed by atoms with Crippen molar-refractivity contribution in [1.82, 2.24) is 4.72 Å². The summed E-state index contributed by atoms with van der Waals surface area (Å²) in [4.78, 5) is 27.5. The molecule has 0 aliphatic rings. The lowest BCUT2D eigenvalue weighted by atomic mass is 9.89. The van der Waals surface area contributed by atoms with Crippen LogP contribution in [-0.2, 0) is 25.3 Å². The molecule has 0 spiro atoms. The van der Waals surface area contributed by atoms with Gasteiger partial charge in [-0.05, 0) is 57.9 Å². The molecule has 0 heterocycles. The van der Waals surface area contributed by atoms with Gasteiger partial charge in [0.1, 0.15) is 16.6 Å². The highest BCUT2D eigenvalue weighted by Gasteiger charge is 2.37. The maximum atomic E-state index is 13.2. The van der Waals surface area contributed by atoms with Gasteiger partial charge in [-0.1, -0.05) is 49.7 Å².